The first-order valence-corrected chi connectivity index (χ1v) is 11.2. The molecular formula is C20H38N2O4S. The van der Waals surface area contributed by atoms with E-state index in [1.807, 2.05) is 4.90 Å². The summed E-state index contributed by atoms with van der Waals surface area (Å²) in [5, 5.41) is 0.577. The van der Waals surface area contributed by atoms with E-state index in [1.165, 1.54) is 5.75 Å². The van der Waals surface area contributed by atoms with Gasteiger partial charge < -0.3 is 19.1 Å². The van der Waals surface area contributed by atoms with Gasteiger partial charge in [0, 0.05) is 43.7 Å². The molecule has 158 valence electrons. The summed E-state index contributed by atoms with van der Waals surface area (Å²) in [5.74, 6) is 1.23. The second-order valence-corrected chi connectivity index (χ2v) is 10.4. The maximum atomic E-state index is 11.8. The quantitative estimate of drug-likeness (QED) is 0.590. The zero-order valence-corrected chi connectivity index (χ0v) is 18.6. The largest absolute Gasteiger partial charge is 0.375 e. The van der Waals surface area contributed by atoms with Crippen LogP contribution in [-0.4, -0.2) is 97.1 Å². The van der Waals surface area contributed by atoms with Crippen molar-refractivity contribution in [3.05, 3.63) is 0 Å². The van der Waals surface area contributed by atoms with E-state index in [0.717, 1.165) is 32.7 Å². The van der Waals surface area contributed by atoms with Crippen LogP contribution in [0.25, 0.3) is 0 Å². The highest BCUT2D eigenvalue weighted by atomic mass is 32.2. The highest BCUT2D eigenvalue weighted by molar-refractivity contribution is 8.00. The molecule has 0 aromatic heterocycles. The summed E-state index contributed by atoms with van der Waals surface area (Å²) in [5.41, 5.74) is -0.250. The molecule has 0 aliphatic carbocycles. The lowest BCUT2D eigenvalue weighted by Gasteiger charge is -2.37. The van der Waals surface area contributed by atoms with E-state index in [4.69, 9.17) is 14.2 Å². The zero-order valence-electron chi connectivity index (χ0n) is 17.8. The molecule has 1 atom stereocenters. The molecule has 2 aliphatic heterocycles. The Labute approximate surface area is 169 Å². The molecule has 0 radical (unpaired) electrons. The summed E-state index contributed by atoms with van der Waals surface area (Å²) in [6.07, 6.45) is 1.02. The average Bonchev–Trinajstić information content (AvgIpc) is 2.55. The van der Waals surface area contributed by atoms with E-state index in [2.05, 4.69) is 51.3 Å². The van der Waals surface area contributed by atoms with Crippen LogP contribution in [0.1, 0.15) is 41.0 Å². The number of carbonyl (C=O) groups is 1. The third kappa shape index (κ3) is 9.13. The summed E-state index contributed by atoms with van der Waals surface area (Å²) < 4.78 is 17.2. The standard InChI is InChI=1S/C20H38N2O4S/c1-19(2,3)25-11-6-21-9-13-27-17(15-21)14-20(4,5)26-12-8-22-7-10-24-16-18(22)23/h17H,6-16H2,1-5H3. The van der Waals surface area contributed by atoms with E-state index in [-0.39, 0.29) is 23.7 Å². The van der Waals surface area contributed by atoms with Gasteiger partial charge in [0.1, 0.15) is 6.61 Å². The van der Waals surface area contributed by atoms with Crippen LogP contribution >= 0.6 is 11.8 Å². The Balaban J connectivity index is 1.68. The molecule has 1 amide bonds. The number of nitrogens with zero attached hydrogens (tertiary/aromatic N) is 2. The third-order valence-electron chi connectivity index (χ3n) is 4.82. The molecule has 0 aromatic rings. The number of thioether (sulfide) groups is 1. The third-order valence-corrected chi connectivity index (χ3v) is 6.03. The topological polar surface area (TPSA) is 51.2 Å². The van der Waals surface area contributed by atoms with E-state index in [1.54, 1.807) is 0 Å². The summed E-state index contributed by atoms with van der Waals surface area (Å²) in [7, 11) is 0. The van der Waals surface area contributed by atoms with Crippen LogP contribution in [-0.2, 0) is 19.0 Å². The smallest absolute Gasteiger partial charge is 0.248 e. The highest BCUT2D eigenvalue weighted by Crippen LogP contribution is 2.28. The monoisotopic (exact) mass is 402 g/mol. The van der Waals surface area contributed by atoms with Crippen molar-refractivity contribution >= 4 is 17.7 Å². The van der Waals surface area contributed by atoms with Gasteiger partial charge in [-0.1, -0.05) is 0 Å². The molecule has 0 aromatic carbocycles. The predicted molar refractivity (Wildman–Crippen MR) is 110 cm³/mol. The summed E-state index contributed by atoms with van der Waals surface area (Å²) >= 11 is 2.05. The number of carbonyl (C=O) groups excluding carboxylic acids is 1. The van der Waals surface area contributed by atoms with Gasteiger partial charge in [0.2, 0.25) is 5.91 Å². The first-order valence-electron chi connectivity index (χ1n) is 10.1. The maximum Gasteiger partial charge on any atom is 0.248 e. The van der Waals surface area contributed by atoms with Gasteiger partial charge in [-0.05, 0) is 41.0 Å². The van der Waals surface area contributed by atoms with Crippen LogP contribution in [0.3, 0.4) is 0 Å². The molecule has 2 heterocycles. The molecule has 27 heavy (non-hydrogen) atoms. The first-order chi connectivity index (χ1) is 12.6. The van der Waals surface area contributed by atoms with Crippen molar-refractivity contribution < 1.29 is 19.0 Å². The van der Waals surface area contributed by atoms with Crippen molar-refractivity contribution in [3.63, 3.8) is 0 Å². The average molecular weight is 403 g/mol. The molecule has 0 spiro atoms. The molecule has 0 N–H and O–H groups in total. The van der Waals surface area contributed by atoms with Gasteiger partial charge in [0.25, 0.3) is 0 Å². The van der Waals surface area contributed by atoms with Crippen molar-refractivity contribution in [1.82, 2.24) is 9.80 Å². The van der Waals surface area contributed by atoms with Crippen molar-refractivity contribution in [1.29, 1.82) is 0 Å². The van der Waals surface area contributed by atoms with Gasteiger partial charge in [-0.2, -0.15) is 11.8 Å². The number of amides is 1. The minimum Gasteiger partial charge on any atom is -0.375 e. The van der Waals surface area contributed by atoms with Crippen LogP contribution < -0.4 is 0 Å². The van der Waals surface area contributed by atoms with Gasteiger partial charge in [-0.15, -0.1) is 0 Å². The molecule has 7 heteroatoms. The molecule has 2 rings (SSSR count). The maximum absolute atomic E-state index is 11.8. The van der Waals surface area contributed by atoms with E-state index >= 15 is 0 Å². The van der Waals surface area contributed by atoms with Crippen molar-refractivity contribution in [2.45, 2.75) is 57.5 Å². The number of morpholine rings is 1. The van der Waals surface area contributed by atoms with E-state index in [9.17, 15) is 4.79 Å². The SMILES string of the molecule is CC(C)(C)OCCN1CCSC(CC(C)(C)OCCN2CCOCC2=O)C1. The predicted octanol–water partition coefficient (Wildman–Crippen LogP) is 2.26. The molecule has 6 nitrogen and oxygen atoms in total. The summed E-state index contributed by atoms with van der Waals surface area (Å²) in [6.45, 7) is 17.4. The van der Waals surface area contributed by atoms with Gasteiger partial charge in [0.15, 0.2) is 0 Å². The van der Waals surface area contributed by atoms with Crippen LogP contribution in [0.4, 0.5) is 0 Å². The molecule has 2 saturated heterocycles. The Morgan fingerprint density at radius 3 is 2.56 bits per heavy atom. The Bertz CT molecular complexity index is 467. The Hall–Kier alpha value is -0.340. The van der Waals surface area contributed by atoms with E-state index < -0.39 is 0 Å². The minimum atomic E-state index is -0.183. The second-order valence-electron chi connectivity index (χ2n) is 9.00. The molecule has 0 saturated carbocycles. The fourth-order valence-corrected chi connectivity index (χ4v) is 4.95. The summed E-state index contributed by atoms with van der Waals surface area (Å²) in [6, 6.07) is 0. The Morgan fingerprint density at radius 2 is 1.85 bits per heavy atom. The number of rotatable bonds is 9. The van der Waals surface area contributed by atoms with Crippen molar-refractivity contribution in [3.8, 4) is 0 Å². The minimum absolute atomic E-state index is 0.0678. The lowest BCUT2D eigenvalue weighted by atomic mass is 10.0. The van der Waals surface area contributed by atoms with Gasteiger partial charge in [0.05, 0.1) is 31.0 Å². The first kappa shape index (κ1) is 22.9. The molecule has 2 aliphatic rings. The van der Waals surface area contributed by atoms with Crippen molar-refractivity contribution in [2.24, 2.45) is 0 Å². The molecule has 0 bridgehead atoms. The summed E-state index contributed by atoms with van der Waals surface area (Å²) in [4.78, 5) is 16.1. The number of ether oxygens (including phenoxy) is 3. The van der Waals surface area contributed by atoms with Gasteiger partial charge in [-0.25, -0.2) is 0 Å². The van der Waals surface area contributed by atoms with Gasteiger partial charge >= 0.3 is 0 Å². The fraction of sp³-hybridized carbons (Fsp3) is 0.950. The lowest BCUT2D eigenvalue weighted by molar-refractivity contribution is -0.144. The van der Waals surface area contributed by atoms with Crippen LogP contribution in [0, 0.1) is 0 Å². The van der Waals surface area contributed by atoms with Crippen molar-refractivity contribution in [2.75, 3.05) is 64.9 Å². The number of hydrogen-bond acceptors (Lipinski definition) is 6. The van der Waals surface area contributed by atoms with E-state index in [0.29, 0.717) is 31.6 Å². The fourth-order valence-electron chi connectivity index (χ4n) is 3.41. The van der Waals surface area contributed by atoms with Gasteiger partial charge in [-0.3, -0.25) is 9.69 Å². The Kier molecular flexibility index (Phi) is 8.87. The van der Waals surface area contributed by atoms with Crippen LogP contribution in [0.5, 0.6) is 0 Å². The molecule has 1 unspecified atom stereocenters. The zero-order chi connectivity index (χ0) is 19.9. The highest BCUT2D eigenvalue weighted by Gasteiger charge is 2.29. The number of hydrogen-bond donors (Lipinski definition) is 0. The normalized spacial score (nSPS) is 23.1. The molecule has 2 fully saturated rings. The molecular weight excluding hydrogens is 364 g/mol. The van der Waals surface area contributed by atoms with Crippen LogP contribution in [0.15, 0.2) is 0 Å². The van der Waals surface area contributed by atoms with Crippen LogP contribution in [0.2, 0.25) is 0 Å². The Morgan fingerprint density at radius 1 is 1.11 bits per heavy atom. The lowest BCUT2D eigenvalue weighted by Crippen LogP contribution is -2.45. The second kappa shape index (κ2) is 10.4.